The number of rotatable bonds is 32. The van der Waals surface area contributed by atoms with Gasteiger partial charge in [0.2, 0.25) is 5.91 Å². The molecule has 2 heterocycles. The summed E-state index contributed by atoms with van der Waals surface area (Å²) in [5.74, 6) is -1.20. The van der Waals surface area contributed by atoms with Gasteiger partial charge in [0.1, 0.15) is 42.8 Å². The van der Waals surface area contributed by atoms with Gasteiger partial charge in [-0.25, -0.2) is 19.2 Å². The number of esters is 4. The van der Waals surface area contributed by atoms with E-state index in [0.29, 0.717) is 118 Å². The van der Waals surface area contributed by atoms with Crippen LogP contribution in [0.15, 0.2) is 129 Å². The zero-order valence-electron chi connectivity index (χ0n) is 51.3. The van der Waals surface area contributed by atoms with Crippen LogP contribution in [-0.2, 0) is 52.2 Å². The highest BCUT2D eigenvalue weighted by Crippen LogP contribution is 2.50. The van der Waals surface area contributed by atoms with Crippen molar-refractivity contribution >= 4 is 87.4 Å². The first-order valence-corrected chi connectivity index (χ1v) is 30.1. The quantitative estimate of drug-likeness (QED) is 0.0130. The molecule has 0 unspecified atom stereocenters. The van der Waals surface area contributed by atoms with E-state index >= 15 is 0 Å². The molecular weight excluding hydrogens is 1260 g/mol. The molecule has 2 N–H and O–H groups in total. The molecule has 0 aromatic heterocycles. The SMILES string of the molecule is C.CC(=O)N1c2ccc(O)cc2Sc2cc([N+](=O)[O-])ccc21.CCCOCCOCCOCCOc1ccc(C(=O)OC)c(C(=O)OC)c1.COC(=O)c1ccc(OCCOCCOCCOCCOc2ccc3c(c2)Sc2cc([N+](=O)[O-])ccc2N3)cc1C(=O)OC. The Morgan fingerprint density at radius 3 is 1.22 bits per heavy atom. The normalized spacial score (nSPS) is 11.3. The summed E-state index contributed by atoms with van der Waals surface area (Å²) in [5, 5.41) is 34.8. The van der Waals surface area contributed by atoms with Crippen LogP contribution >= 0.6 is 23.5 Å². The van der Waals surface area contributed by atoms with E-state index in [-0.39, 0.29) is 65.9 Å². The van der Waals surface area contributed by atoms with Gasteiger partial charge in [-0.05, 0) is 91.3 Å². The lowest BCUT2D eigenvalue weighted by molar-refractivity contribution is -0.385. The molecule has 0 fully saturated rings. The Hall–Kier alpha value is -9.07. The van der Waals surface area contributed by atoms with Gasteiger partial charge >= 0.3 is 23.9 Å². The molecule has 6 aromatic rings. The Balaban J connectivity index is 0.000000273. The van der Waals surface area contributed by atoms with Crippen LogP contribution in [0.4, 0.5) is 34.1 Å². The molecule has 0 aliphatic carbocycles. The van der Waals surface area contributed by atoms with Crippen molar-refractivity contribution in [2.75, 3.05) is 138 Å². The van der Waals surface area contributed by atoms with Crippen molar-refractivity contribution in [3.8, 4) is 23.0 Å². The Morgan fingerprint density at radius 2 is 0.785 bits per heavy atom. The van der Waals surface area contributed by atoms with Crippen molar-refractivity contribution in [2.45, 2.75) is 47.3 Å². The number of nitro benzene ring substituents is 2. The van der Waals surface area contributed by atoms with E-state index < -0.39 is 33.7 Å². The number of anilines is 4. The summed E-state index contributed by atoms with van der Waals surface area (Å²) in [6.45, 7) is 9.76. The van der Waals surface area contributed by atoms with Crippen molar-refractivity contribution in [3.63, 3.8) is 0 Å². The van der Waals surface area contributed by atoms with Crippen molar-refractivity contribution in [3.05, 3.63) is 152 Å². The zero-order chi connectivity index (χ0) is 66.4. The minimum Gasteiger partial charge on any atom is -0.508 e. The van der Waals surface area contributed by atoms with Gasteiger partial charge in [0.15, 0.2) is 0 Å². The van der Waals surface area contributed by atoms with Crippen LogP contribution in [0.25, 0.3) is 0 Å². The number of hydrogen-bond acceptors (Lipinski definition) is 26. The second-order valence-electron chi connectivity index (χ2n) is 18.9. The number of aromatic hydroxyl groups is 1. The Kier molecular flexibility index (Phi) is 31.6. The van der Waals surface area contributed by atoms with E-state index in [1.807, 2.05) is 18.2 Å². The predicted octanol–water partition coefficient (Wildman–Crippen LogP) is 11.1. The van der Waals surface area contributed by atoms with Crippen LogP contribution in [0.5, 0.6) is 23.0 Å². The fourth-order valence-corrected chi connectivity index (χ4v) is 10.5. The van der Waals surface area contributed by atoms with Crippen LogP contribution < -0.4 is 24.4 Å². The smallest absolute Gasteiger partial charge is 0.338 e. The summed E-state index contributed by atoms with van der Waals surface area (Å²) in [4.78, 5) is 84.9. The molecule has 0 bridgehead atoms. The van der Waals surface area contributed by atoms with Crippen LogP contribution in [0.3, 0.4) is 0 Å². The van der Waals surface area contributed by atoms with Crippen LogP contribution in [-0.4, -0.2) is 172 Å². The Morgan fingerprint density at radius 1 is 0.441 bits per heavy atom. The monoisotopic (exact) mass is 1330 g/mol. The van der Waals surface area contributed by atoms with Gasteiger partial charge in [-0.15, -0.1) is 0 Å². The molecule has 0 spiro atoms. The number of phenols is 1. The molecule has 29 heteroatoms. The van der Waals surface area contributed by atoms with Crippen molar-refractivity contribution in [1.29, 1.82) is 0 Å². The fourth-order valence-electron chi connectivity index (χ4n) is 8.34. The number of non-ortho nitro benzene ring substituents is 2. The number of nitrogens with one attached hydrogen (secondary N) is 1. The third kappa shape index (κ3) is 22.9. The molecule has 0 saturated heterocycles. The zero-order valence-corrected chi connectivity index (χ0v) is 52.9. The summed E-state index contributed by atoms with van der Waals surface area (Å²) < 4.78 is 68.3. The van der Waals surface area contributed by atoms with Crippen molar-refractivity contribution in [1.82, 2.24) is 0 Å². The van der Waals surface area contributed by atoms with Gasteiger partial charge in [0.25, 0.3) is 11.4 Å². The van der Waals surface area contributed by atoms with Gasteiger partial charge < -0.3 is 72.0 Å². The lowest BCUT2D eigenvalue weighted by Gasteiger charge is -2.30. The van der Waals surface area contributed by atoms with E-state index in [1.165, 1.54) is 118 Å². The maximum Gasteiger partial charge on any atom is 0.338 e. The maximum atomic E-state index is 12.0. The van der Waals surface area contributed by atoms with Gasteiger partial charge in [-0.2, -0.15) is 0 Å². The average Bonchev–Trinajstić information content (AvgIpc) is 0.818. The third-order valence-electron chi connectivity index (χ3n) is 12.7. The van der Waals surface area contributed by atoms with E-state index in [1.54, 1.807) is 36.4 Å². The Bertz CT molecular complexity index is 3500. The molecule has 0 radical (unpaired) electrons. The maximum absolute atomic E-state index is 12.0. The first kappa shape index (κ1) is 74.7. The molecule has 2 aliphatic rings. The second kappa shape index (κ2) is 39.4. The highest BCUT2D eigenvalue weighted by atomic mass is 32.2. The highest BCUT2D eigenvalue weighted by molar-refractivity contribution is 8.00. The average molecular weight is 1330 g/mol. The summed E-state index contributed by atoms with van der Waals surface area (Å²) >= 11 is 2.74. The number of ether oxygens (including phenoxy) is 13. The van der Waals surface area contributed by atoms with Gasteiger partial charge in [0, 0.05) is 57.4 Å². The number of methoxy groups -OCH3 is 4. The van der Waals surface area contributed by atoms with E-state index in [0.717, 1.165) is 34.2 Å². The molecule has 500 valence electrons. The number of carbonyl (C=O) groups excluding carboxylic acids is 5. The first-order valence-electron chi connectivity index (χ1n) is 28.4. The molecule has 1 amide bonds. The largest absolute Gasteiger partial charge is 0.508 e. The molecule has 27 nitrogen and oxygen atoms in total. The lowest BCUT2D eigenvalue weighted by atomic mass is 10.1. The molecule has 8 rings (SSSR count). The lowest BCUT2D eigenvalue weighted by Crippen LogP contribution is -2.25. The number of hydrogen-bond donors (Lipinski definition) is 2. The number of benzene rings is 6. The summed E-state index contributed by atoms with van der Waals surface area (Å²) in [6, 6.07) is 28.4. The van der Waals surface area contributed by atoms with Gasteiger partial charge in [-0.1, -0.05) is 37.9 Å². The molecule has 0 atom stereocenters. The van der Waals surface area contributed by atoms with Crippen LogP contribution in [0.1, 0.15) is 69.1 Å². The molecule has 93 heavy (non-hydrogen) atoms. The summed E-state index contributed by atoms with van der Waals surface area (Å²) in [5.41, 5.74) is 3.37. The third-order valence-corrected chi connectivity index (χ3v) is 14.9. The molecular formula is C64H74N4O23S2. The van der Waals surface area contributed by atoms with Crippen LogP contribution in [0, 0.1) is 20.2 Å². The molecule has 2 aliphatic heterocycles. The molecule has 6 aromatic carbocycles. The predicted molar refractivity (Wildman–Crippen MR) is 342 cm³/mol. The standard InChI is InChI=1S/C30H32N2O11S.C19H28O8.C14H10N2O4S.CH4/c1-37-29(33)23-6-4-21(18-24(23)30(34)38-2)42-15-13-40-11-9-39-10-12-41-14-16-43-22-5-8-26-28(19-22)44-27-17-20(32(35)36)3-7-25(27)31-26;1-4-7-24-8-9-25-10-11-26-12-13-27-15-5-6-16(18(20)22-2)17(14-15)19(21)23-3;1-8(17)15-11-4-2-9(16(19)20)6-13(11)21-14-7-10(18)3-5-12(14)15;/h3-8,17-19,31H,9-16H2,1-2H3;5-6,14H,4,7-13H2,1-3H3;2-7,18H,1H3;1H4. The van der Waals surface area contributed by atoms with Crippen molar-refractivity contribution < 1.29 is 101 Å². The summed E-state index contributed by atoms with van der Waals surface area (Å²) in [6.07, 6.45) is 0.996. The number of nitrogens with zero attached hydrogens (tertiary/aromatic N) is 3. The number of phenolic OH excluding ortho intramolecular Hbond substituents is 1. The fraction of sp³-hybridized carbons (Fsp3) is 0.359. The molecule has 0 saturated carbocycles. The highest BCUT2D eigenvalue weighted by Gasteiger charge is 2.29. The summed E-state index contributed by atoms with van der Waals surface area (Å²) in [7, 11) is 4.94. The minimum atomic E-state index is -0.670. The van der Waals surface area contributed by atoms with E-state index in [9.17, 15) is 49.3 Å². The number of nitro groups is 2. The van der Waals surface area contributed by atoms with Gasteiger partial charge in [0.05, 0.1) is 156 Å². The first-order chi connectivity index (χ1) is 44.5. The number of amides is 1. The minimum absolute atomic E-state index is 0. The van der Waals surface area contributed by atoms with Gasteiger partial charge in [-0.3, -0.25) is 29.9 Å². The Labute approximate surface area is 545 Å². The van der Waals surface area contributed by atoms with E-state index in [4.69, 9.17) is 47.4 Å². The van der Waals surface area contributed by atoms with E-state index in [2.05, 4.69) is 26.5 Å². The van der Waals surface area contributed by atoms with Crippen LogP contribution in [0.2, 0.25) is 0 Å². The topological polar surface area (TPSA) is 327 Å². The number of carbonyl (C=O) groups is 5. The number of fused-ring (bicyclic) bond motifs is 4. The van der Waals surface area contributed by atoms with Crippen molar-refractivity contribution in [2.24, 2.45) is 0 Å². The second-order valence-corrected chi connectivity index (χ2v) is 21.1.